The van der Waals surface area contributed by atoms with Gasteiger partial charge in [0.2, 0.25) is 0 Å². The maximum atomic E-state index is 12.8. The van der Waals surface area contributed by atoms with Crippen molar-refractivity contribution in [3.8, 4) is 22.6 Å². The largest absolute Gasteiger partial charge is 0.497 e. The molecule has 0 aliphatic carbocycles. The lowest BCUT2D eigenvalue weighted by Crippen LogP contribution is -2.27. The first-order valence-corrected chi connectivity index (χ1v) is 8.83. The predicted molar refractivity (Wildman–Crippen MR) is 105 cm³/mol. The molecule has 0 spiro atoms. The number of aliphatic hydroxyl groups is 1. The fourth-order valence-corrected chi connectivity index (χ4v) is 3.00. The molecule has 28 heavy (non-hydrogen) atoms. The quantitative estimate of drug-likeness (QED) is 0.584. The number of aromatic nitrogens is 2. The number of methoxy groups -OCH3 is 2. The van der Waals surface area contributed by atoms with Crippen LogP contribution in [0.15, 0.2) is 48.7 Å². The van der Waals surface area contributed by atoms with E-state index in [-0.39, 0.29) is 18.6 Å². The van der Waals surface area contributed by atoms with Gasteiger partial charge in [-0.3, -0.25) is 9.89 Å². The minimum atomic E-state index is -0.242. The zero-order valence-corrected chi connectivity index (χ0v) is 16.0. The van der Waals surface area contributed by atoms with E-state index in [9.17, 15) is 9.90 Å². The molecule has 3 aromatic rings. The number of benzene rings is 2. The highest BCUT2D eigenvalue weighted by atomic mass is 16.5. The molecule has 1 unspecified atom stereocenters. The summed E-state index contributed by atoms with van der Waals surface area (Å²) in [6.07, 6.45) is 1.63. The van der Waals surface area contributed by atoms with Crippen LogP contribution in [-0.2, 0) is 6.61 Å². The summed E-state index contributed by atoms with van der Waals surface area (Å²) in [6, 6.07) is 12.6. The van der Waals surface area contributed by atoms with E-state index in [1.54, 1.807) is 31.5 Å². The van der Waals surface area contributed by atoms with E-state index >= 15 is 0 Å². The van der Waals surface area contributed by atoms with Crippen LogP contribution in [0, 0.1) is 0 Å². The average Bonchev–Trinajstić information content (AvgIpc) is 3.22. The standard InChI is InChI=1S/C21H23N3O4/c1-13(14-5-4-6-16(9-14)27-2)23-21(26)17-8-7-15(10-20(17)28-3)18-11-22-24-19(18)12-25/h4-11,13,25H,12H2,1-3H3,(H,22,24)(H,23,26). The zero-order chi connectivity index (χ0) is 20.1. The number of carbonyl (C=O) groups is 1. The number of hydrogen-bond donors (Lipinski definition) is 3. The molecule has 1 amide bonds. The van der Waals surface area contributed by atoms with Crippen molar-refractivity contribution < 1.29 is 19.4 Å². The predicted octanol–water partition coefficient (Wildman–Crippen LogP) is 3.08. The lowest BCUT2D eigenvalue weighted by atomic mass is 10.0. The van der Waals surface area contributed by atoms with E-state index in [0.717, 1.165) is 22.4 Å². The van der Waals surface area contributed by atoms with Crippen molar-refractivity contribution in [1.82, 2.24) is 15.5 Å². The minimum absolute atomic E-state index is 0.155. The van der Waals surface area contributed by atoms with Crippen LogP contribution in [0.25, 0.3) is 11.1 Å². The van der Waals surface area contributed by atoms with E-state index in [1.807, 2.05) is 31.2 Å². The molecule has 0 bridgehead atoms. The number of aliphatic hydroxyl groups excluding tert-OH is 1. The summed E-state index contributed by atoms with van der Waals surface area (Å²) in [5.41, 5.74) is 3.53. The van der Waals surface area contributed by atoms with Gasteiger partial charge in [0, 0.05) is 5.56 Å². The third-order valence-electron chi connectivity index (χ3n) is 4.57. The van der Waals surface area contributed by atoms with Gasteiger partial charge in [-0.15, -0.1) is 0 Å². The molecule has 7 heteroatoms. The van der Waals surface area contributed by atoms with Crippen LogP contribution in [0.4, 0.5) is 0 Å². The third-order valence-corrected chi connectivity index (χ3v) is 4.57. The Morgan fingerprint density at radius 3 is 2.75 bits per heavy atom. The Hall–Kier alpha value is -3.32. The van der Waals surface area contributed by atoms with Crippen molar-refractivity contribution in [3.63, 3.8) is 0 Å². The Labute approximate surface area is 163 Å². The van der Waals surface area contributed by atoms with Crippen LogP contribution in [0.3, 0.4) is 0 Å². The number of carbonyl (C=O) groups excluding carboxylic acids is 1. The van der Waals surface area contributed by atoms with Crippen LogP contribution in [0.5, 0.6) is 11.5 Å². The highest BCUT2D eigenvalue weighted by Gasteiger charge is 2.18. The van der Waals surface area contributed by atoms with Gasteiger partial charge < -0.3 is 19.9 Å². The Morgan fingerprint density at radius 1 is 1.21 bits per heavy atom. The summed E-state index contributed by atoms with van der Waals surface area (Å²) in [5, 5.41) is 19.1. The van der Waals surface area contributed by atoms with Gasteiger partial charge in [0.05, 0.1) is 44.3 Å². The van der Waals surface area contributed by atoms with Gasteiger partial charge in [0.15, 0.2) is 0 Å². The number of ether oxygens (including phenoxy) is 2. The second kappa shape index (κ2) is 8.58. The summed E-state index contributed by atoms with van der Waals surface area (Å²) >= 11 is 0. The molecule has 0 saturated carbocycles. The molecule has 1 heterocycles. The topological polar surface area (TPSA) is 96.5 Å². The number of aromatic amines is 1. The van der Waals surface area contributed by atoms with Crippen molar-refractivity contribution in [2.45, 2.75) is 19.6 Å². The van der Waals surface area contributed by atoms with E-state index in [4.69, 9.17) is 9.47 Å². The van der Waals surface area contributed by atoms with Gasteiger partial charge in [0.1, 0.15) is 11.5 Å². The number of H-pyrrole nitrogens is 1. The van der Waals surface area contributed by atoms with Gasteiger partial charge in [-0.1, -0.05) is 18.2 Å². The van der Waals surface area contributed by atoms with E-state index in [2.05, 4.69) is 15.5 Å². The normalized spacial score (nSPS) is 11.7. The molecule has 0 fully saturated rings. The van der Waals surface area contributed by atoms with Crippen LogP contribution < -0.4 is 14.8 Å². The molecular formula is C21H23N3O4. The monoisotopic (exact) mass is 381 g/mol. The minimum Gasteiger partial charge on any atom is -0.497 e. The summed E-state index contributed by atoms with van der Waals surface area (Å²) in [7, 11) is 3.13. The first kappa shape index (κ1) is 19.4. The van der Waals surface area contributed by atoms with Gasteiger partial charge >= 0.3 is 0 Å². The first-order chi connectivity index (χ1) is 13.6. The number of nitrogens with one attached hydrogen (secondary N) is 2. The van der Waals surface area contributed by atoms with Gasteiger partial charge in [0.25, 0.3) is 5.91 Å². The molecule has 0 aliphatic rings. The molecule has 146 valence electrons. The smallest absolute Gasteiger partial charge is 0.255 e. The highest BCUT2D eigenvalue weighted by molar-refractivity contribution is 5.98. The summed E-state index contributed by atoms with van der Waals surface area (Å²) in [5.74, 6) is 0.937. The fraction of sp³-hybridized carbons (Fsp3) is 0.238. The maximum absolute atomic E-state index is 12.8. The van der Waals surface area contributed by atoms with Crippen LogP contribution >= 0.6 is 0 Å². The maximum Gasteiger partial charge on any atom is 0.255 e. The second-order valence-electron chi connectivity index (χ2n) is 6.31. The summed E-state index contributed by atoms with van der Waals surface area (Å²) in [4.78, 5) is 12.8. The Kier molecular flexibility index (Phi) is 5.96. The molecule has 1 aromatic heterocycles. The van der Waals surface area contributed by atoms with E-state index < -0.39 is 0 Å². The molecule has 0 saturated heterocycles. The van der Waals surface area contributed by atoms with Gasteiger partial charge in [-0.05, 0) is 42.3 Å². The zero-order valence-electron chi connectivity index (χ0n) is 16.0. The molecule has 2 aromatic carbocycles. The third kappa shape index (κ3) is 3.99. The van der Waals surface area contributed by atoms with Gasteiger partial charge in [-0.25, -0.2) is 0 Å². The average molecular weight is 381 g/mol. The number of rotatable bonds is 7. The molecule has 7 nitrogen and oxygen atoms in total. The lowest BCUT2D eigenvalue weighted by Gasteiger charge is -2.17. The summed E-state index contributed by atoms with van der Waals surface area (Å²) in [6.45, 7) is 1.75. The number of nitrogens with zero attached hydrogens (tertiary/aromatic N) is 1. The molecule has 0 aliphatic heterocycles. The SMILES string of the molecule is COc1cccc(C(C)NC(=O)c2ccc(-c3cn[nH]c3CO)cc2OC)c1. The Bertz CT molecular complexity index is 968. The molecular weight excluding hydrogens is 358 g/mol. The van der Waals surface area contributed by atoms with E-state index in [0.29, 0.717) is 17.0 Å². The lowest BCUT2D eigenvalue weighted by molar-refractivity contribution is 0.0937. The Morgan fingerprint density at radius 2 is 2.04 bits per heavy atom. The number of amides is 1. The highest BCUT2D eigenvalue weighted by Crippen LogP contribution is 2.29. The van der Waals surface area contributed by atoms with Crippen molar-refractivity contribution in [2.24, 2.45) is 0 Å². The van der Waals surface area contributed by atoms with Crippen molar-refractivity contribution >= 4 is 5.91 Å². The molecule has 3 rings (SSSR count). The van der Waals surface area contributed by atoms with Crippen LogP contribution in [0.2, 0.25) is 0 Å². The molecule has 3 N–H and O–H groups in total. The summed E-state index contributed by atoms with van der Waals surface area (Å²) < 4.78 is 10.7. The Balaban J connectivity index is 1.83. The second-order valence-corrected chi connectivity index (χ2v) is 6.31. The van der Waals surface area contributed by atoms with Gasteiger partial charge in [-0.2, -0.15) is 5.10 Å². The fourth-order valence-electron chi connectivity index (χ4n) is 3.00. The molecule has 1 atom stereocenters. The van der Waals surface area contributed by atoms with Crippen molar-refractivity contribution in [1.29, 1.82) is 0 Å². The number of hydrogen-bond acceptors (Lipinski definition) is 5. The first-order valence-electron chi connectivity index (χ1n) is 8.83. The molecule has 0 radical (unpaired) electrons. The van der Waals surface area contributed by atoms with Crippen molar-refractivity contribution in [2.75, 3.05) is 14.2 Å². The van der Waals surface area contributed by atoms with E-state index in [1.165, 1.54) is 7.11 Å². The van der Waals surface area contributed by atoms with Crippen molar-refractivity contribution in [3.05, 3.63) is 65.5 Å². The van der Waals surface area contributed by atoms with Crippen LogP contribution in [-0.4, -0.2) is 35.4 Å². The van der Waals surface area contributed by atoms with Crippen LogP contribution in [0.1, 0.15) is 34.6 Å².